The van der Waals surface area contributed by atoms with E-state index in [2.05, 4.69) is 56.9 Å². The van der Waals surface area contributed by atoms with Crippen LogP contribution in [-0.4, -0.2) is 21.9 Å². The summed E-state index contributed by atoms with van der Waals surface area (Å²) in [6, 6.07) is 2.80. The monoisotopic (exact) mass is 291 g/mol. The number of hydrogen-bond donors (Lipinski definition) is 1. The summed E-state index contributed by atoms with van der Waals surface area (Å²) in [5.74, 6) is 1.66. The number of nitrogens with one attached hydrogen (secondary N) is 1. The third kappa shape index (κ3) is 4.57. The summed E-state index contributed by atoms with van der Waals surface area (Å²) in [4.78, 5) is 0. The van der Waals surface area contributed by atoms with Gasteiger partial charge < -0.3 is 5.32 Å². The maximum atomic E-state index is 4.81. The zero-order valence-electron chi connectivity index (χ0n) is 14.5. The van der Waals surface area contributed by atoms with E-state index in [0.717, 1.165) is 24.8 Å². The fourth-order valence-corrected chi connectivity index (χ4v) is 3.23. The van der Waals surface area contributed by atoms with Crippen LogP contribution in [-0.2, 0) is 6.42 Å². The molecule has 1 saturated carbocycles. The molecule has 1 aromatic heterocycles. The molecule has 1 aromatic rings. The second kappa shape index (κ2) is 6.95. The average Bonchev–Trinajstić information content (AvgIpc) is 2.83. The van der Waals surface area contributed by atoms with Crippen LogP contribution in [0.15, 0.2) is 12.3 Å². The minimum absolute atomic E-state index is 0.233. The Morgan fingerprint density at radius 3 is 2.43 bits per heavy atom. The highest BCUT2D eigenvalue weighted by molar-refractivity contribution is 5.03. The Morgan fingerprint density at radius 1 is 1.24 bits per heavy atom. The number of aromatic nitrogens is 2. The van der Waals surface area contributed by atoms with Crippen LogP contribution in [0.2, 0.25) is 0 Å². The van der Waals surface area contributed by atoms with Crippen LogP contribution in [0, 0.1) is 11.8 Å². The largest absolute Gasteiger partial charge is 0.312 e. The van der Waals surface area contributed by atoms with Gasteiger partial charge >= 0.3 is 0 Å². The summed E-state index contributed by atoms with van der Waals surface area (Å²) in [5.41, 5.74) is 1.52. The minimum atomic E-state index is 0.233. The summed E-state index contributed by atoms with van der Waals surface area (Å²) >= 11 is 0. The van der Waals surface area contributed by atoms with Gasteiger partial charge in [0.15, 0.2) is 0 Å². The Morgan fingerprint density at radius 2 is 1.90 bits per heavy atom. The lowest BCUT2D eigenvalue weighted by atomic mass is 9.71. The summed E-state index contributed by atoms with van der Waals surface area (Å²) in [7, 11) is 0. The molecule has 0 aromatic carbocycles. The Labute approximate surface area is 130 Å². The molecule has 0 bridgehead atoms. The molecule has 2 rings (SSSR count). The van der Waals surface area contributed by atoms with Crippen molar-refractivity contribution in [1.82, 2.24) is 15.1 Å². The van der Waals surface area contributed by atoms with Gasteiger partial charge in [-0.2, -0.15) is 5.10 Å². The minimum Gasteiger partial charge on any atom is -0.312 e. The molecule has 120 valence electrons. The fraction of sp³-hybridized carbons (Fsp3) is 0.833. The van der Waals surface area contributed by atoms with Gasteiger partial charge in [0.25, 0.3) is 0 Å². The van der Waals surface area contributed by atoms with Crippen LogP contribution in [0.5, 0.6) is 0 Å². The zero-order valence-corrected chi connectivity index (χ0v) is 14.5. The number of rotatable bonds is 7. The fourth-order valence-electron chi connectivity index (χ4n) is 3.23. The summed E-state index contributed by atoms with van der Waals surface area (Å²) < 4.78 is 2.18. The van der Waals surface area contributed by atoms with Gasteiger partial charge in [0.05, 0.1) is 11.7 Å². The van der Waals surface area contributed by atoms with Gasteiger partial charge in [0.2, 0.25) is 0 Å². The summed E-state index contributed by atoms with van der Waals surface area (Å²) in [5, 5.41) is 8.47. The molecule has 21 heavy (non-hydrogen) atoms. The molecular weight excluding hydrogens is 258 g/mol. The van der Waals surface area contributed by atoms with E-state index in [-0.39, 0.29) is 5.54 Å². The van der Waals surface area contributed by atoms with Crippen molar-refractivity contribution < 1.29 is 0 Å². The summed E-state index contributed by atoms with van der Waals surface area (Å²) in [6.45, 7) is 12.4. The molecule has 0 spiro atoms. The second-order valence-corrected chi connectivity index (χ2v) is 7.69. The Balaban J connectivity index is 1.85. The Bertz CT molecular complexity index is 426. The molecule has 1 N–H and O–H groups in total. The van der Waals surface area contributed by atoms with Crippen LogP contribution in [0.3, 0.4) is 0 Å². The second-order valence-electron chi connectivity index (χ2n) is 7.69. The Hall–Kier alpha value is -0.830. The van der Waals surface area contributed by atoms with Crippen LogP contribution < -0.4 is 5.32 Å². The van der Waals surface area contributed by atoms with E-state index < -0.39 is 0 Å². The van der Waals surface area contributed by atoms with E-state index in [1.807, 2.05) is 0 Å². The van der Waals surface area contributed by atoms with Crippen LogP contribution in [0.1, 0.15) is 72.0 Å². The molecule has 2 unspecified atom stereocenters. The van der Waals surface area contributed by atoms with Crippen LogP contribution >= 0.6 is 0 Å². The van der Waals surface area contributed by atoms with E-state index in [4.69, 9.17) is 5.10 Å². The van der Waals surface area contributed by atoms with Gasteiger partial charge in [-0.25, -0.2) is 0 Å². The normalized spacial score (nSPS) is 22.6. The van der Waals surface area contributed by atoms with Gasteiger partial charge in [-0.1, -0.05) is 13.8 Å². The van der Waals surface area contributed by atoms with Crippen molar-refractivity contribution >= 4 is 0 Å². The maximum Gasteiger partial charge on any atom is 0.0627 e. The first kappa shape index (κ1) is 16.5. The third-order valence-corrected chi connectivity index (χ3v) is 4.92. The lowest BCUT2D eigenvalue weighted by Gasteiger charge is -2.38. The first-order chi connectivity index (χ1) is 9.93. The quantitative estimate of drug-likeness (QED) is 0.816. The highest BCUT2D eigenvalue weighted by atomic mass is 15.3. The van der Waals surface area contributed by atoms with Crippen molar-refractivity contribution in [2.75, 3.05) is 6.54 Å². The molecule has 3 heteroatoms. The predicted molar refractivity (Wildman–Crippen MR) is 89.5 cm³/mol. The smallest absolute Gasteiger partial charge is 0.0627 e. The van der Waals surface area contributed by atoms with E-state index in [0.29, 0.717) is 6.04 Å². The highest BCUT2D eigenvalue weighted by Crippen LogP contribution is 2.36. The van der Waals surface area contributed by atoms with E-state index >= 15 is 0 Å². The standard InChI is InChI=1S/C18H33N3/c1-6-17(7-2)21-11-10-16(20-21)12-14-8-9-15(14)13-19-18(3,4)5/h10-11,14-15,17,19H,6-9,12-13H2,1-5H3. The number of hydrogen-bond acceptors (Lipinski definition) is 2. The molecular formula is C18H33N3. The highest BCUT2D eigenvalue weighted by Gasteiger charge is 2.31. The molecule has 1 fully saturated rings. The van der Waals surface area contributed by atoms with E-state index in [1.165, 1.54) is 31.4 Å². The third-order valence-electron chi connectivity index (χ3n) is 4.92. The van der Waals surface area contributed by atoms with Crippen molar-refractivity contribution in [2.24, 2.45) is 11.8 Å². The summed E-state index contributed by atoms with van der Waals surface area (Å²) in [6.07, 6.45) is 8.41. The topological polar surface area (TPSA) is 29.9 Å². The predicted octanol–water partition coefficient (Wildman–Crippen LogP) is 4.20. The molecule has 0 saturated heterocycles. The van der Waals surface area contributed by atoms with E-state index in [9.17, 15) is 0 Å². The van der Waals surface area contributed by atoms with Crippen molar-refractivity contribution in [3.05, 3.63) is 18.0 Å². The van der Waals surface area contributed by atoms with Crippen molar-refractivity contribution in [3.8, 4) is 0 Å². The molecule has 0 radical (unpaired) electrons. The van der Waals surface area contributed by atoms with Gasteiger partial charge in [0, 0.05) is 11.7 Å². The van der Waals surface area contributed by atoms with Crippen molar-refractivity contribution in [3.63, 3.8) is 0 Å². The average molecular weight is 291 g/mol. The molecule has 3 nitrogen and oxygen atoms in total. The van der Waals surface area contributed by atoms with Gasteiger partial charge in [0.1, 0.15) is 0 Å². The molecule has 1 heterocycles. The Kier molecular flexibility index (Phi) is 5.48. The molecule has 0 aliphatic heterocycles. The maximum absolute atomic E-state index is 4.81. The first-order valence-corrected chi connectivity index (χ1v) is 8.72. The SMILES string of the molecule is CCC(CC)n1ccc(CC2CCC2CNC(C)(C)C)n1. The van der Waals surface area contributed by atoms with Crippen molar-refractivity contribution in [1.29, 1.82) is 0 Å². The molecule has 0 amide bonds. The first-order valence-electron chi connectivity index (χ1n) is 8.72. The van der Waals surface area contributed by atoms with Crippen LogP contribution in [0.4, 0.5) is 0 Å². The van der Waals surface area contributed by atoms with Crippen molar-refractivity contribution in [2.45, 2.75) is 78.3 Å². The molecule has 1 aliphatic rings. The lowest BCUT2D eigenvalue weighted by molar-refractivity contribution is 0.158. The van der Waals surface area contributed by atoms with Gasteiger partial charge in [-0.05, 0) is 77.3 Å². The van der Waals surface area contributed by atoms with Crippen LogP contribution in [0.25, 0.3) is 0 Å². The zero-order chi connectivity index (χ0) is 15.5. The number of nitrogens with zero attached hydrogens (tertiary/aromatic N) is 2. The molecule has 1 aliphatic carbocycles. The molecule has 2 atom stereocenters. The van der Waals surface area contributed by atoms with Gasteiger partial charge in [-0.3, -0.25) is 4.68 Å². The van der Waals surface area contributed by atoms with Gasteiger partial charge in [-0.15, -0.1) is 0 Å². The van der Waals surface area contributed by atoms with E-state index in [1.54, 1.807) is 0 Å². The lowest BCUT2D eigenvalue weighted by Crippen LogP contribution is -2.44.